The third-order valence-electron chi connectivity index (χ3n) is 3.64. The average Bonchev–Trinajstić information content (AvgIpc) is 2.52. The van der Waals surface area contributed by atoms with Crippen LogP contribution >= 0.6 is 0 Å². The molecule has 1 aromatic rings. The van der Waals surface area contributed by atoms with E-state index in [4.69, 9.17) is 9.84 Å². The first kappa shape index (κ1) is 17.6. The lowest BCUT2D eigenvalue weighted by molar-refractivity contribution is -0.133. The molecule has 0 bridgehead atoms. The Balaban J connectivity index is 2.59. The van der Waals surface area contributed by atoms with Crippen molar-refractivity contribution in [3.8, 4) is 0 Å². The Morgan fingerprint density at radius 2 is 1.95 bits per heavy atom. The van der Waals surface area contributed by atoms with Gasteiger partial charge in [-0.1, -0.05) is 30.3 Å². The molecule has 1 rings (SSSR count). The normalized spacial score (nSPS) is 12.4. The summed E-state index contributed by atoms with van der Waals surface area (Å²) in [6.07, 6.45) is 0. The third-order valence-corrected chi connectivity index (χ3v) is 3.64. The van der Waals surface area contributed by atoms with Gasteiger partial charge in [-0.3, -0.25) is 9.69 Å². The molecule has 1 aromatic carbocycles. The number of carbonyl (C=O) groups excluding carboxylic acids is 1. The summed E-state index contributed by atoms with van der Waals surface area (Å²) in [7, 11) is 3.44. The lowest BCUT2D eigenvalue weighted by Gasteiger charge is -2.28. The highest BCUT2D eigenvalue weighted by atomic mass is 16.5. The van der Waals surface area contributed by atoms with Gasteiger partial charge < -0.3 is 14.7 Å². The largest absolute Gasteiger partial charge is 0.395 e. The number of hydrogen-bond acceptors (Lipinski definition) is 4. The summed E-state index contributed by atoms with van der Waals surface area (Å²) in [5.74, 6) is 0.0379. The molecule has 0 heterocycles. The molecule has 0 aliphatic heterocycles. The van der Waals surface area contributed by atoms with E-state index in [-0.39, 0.29) is 25.1 Å². The quantitative estimate of drug-likeness (QED) is 0.742. The van der Waals surface area contributed by atoms with E-state index in [0.717, 1.165) is 5.56 Å². The van der Waals surface area contributed by atoms with Crippen LogP contribution in [-0.2, 0) is 9.53 Å². The second kappa shape index (κ2) is 9.50. The van der Waals surface area contributed by atoms with Crippen molar-refractivity contribution in [3.05, 3.63) is 35.9 Å². The number of aliphatic hydroxyl groups excluding tert-OH is 1. The Kier molecular flexibility index (Phi) is 7.97. The predicted molar refractivity (Wildman–Crippen MR) is 83.0 cm³/mol. The molecule has 0 aliphatic carbocycles. The van der Waals surface area contributed by atoms with Crippen molar-refractivity contribution in [2.45, 2.75) is 13.0 Å². The van der Waals surface area contributed by atoms with Crippen molar-refractivity contribution >= 4 is 5.91 Å². The highest BCUT2D eigenvalue weighted by Gasteiger charge is 2.19. The van der Waals surface area contributed by atoms with Crippen molar-refractivity contribution in [2.75, 3.05) is 47.0 Å². The number of rotatable bonds is 9. The Bertz CT molecular complexity index is 411. The zero-order chi connectivity index (χ0) is 15.7. The van der Waals surface area contributed by atoms with E-state index >= 15 is 0 Å². The van der Waals surface area contributed by atoms with E-state index in [1.54, 1.807) is 12.0 Å². The molecule has 0 fully saturated rings. The van der Waals surface area contributed by atoms with Crippen LogP contribution in [0.4, 0.5) is 0 Å². The minimum absolute atomic E-state index is 0.0251. The standard InChI is InChI=1S/C16H26N2O3/c1-14(15-7-5-4-6-8-15)17(2)16(20)13-18(9-11-19)10-12-21-3/h4-8,14,19H,9-13H2,1-3H3. The molecule has 1 atom stereocenters. The van der Waals surface area contributed by atoms with Crippen LogP contribution in [-0.4, -0.2) is 67.8 Å². The number of methoxy groups -OCH3 is 1. The van der Waals surface area contributed by atoms with Crippen LogP contribution in [0.1, 0.15) is 18.5 Å². The first-order chi connectivity index (χ1) is 10.1. The highest BCUT2D eigenvalue weighted by Crippen LogP contribution is 2.18. The summed E-state index contributed by atoms with van der Waals surface area (Å²) in [6, 6.07) is 9.97. The lowest BCUT2D eigenvalue weighted by Crippen LogP contribution is -2.41. The molecule has 0 aromatic heterocycles. The van der Waals surface area contributed by atoms with E-state index in [0.29, 0.717) is 19.7 Å². The van der Waals surface area contributed by atoms with Crippen LogP contribution < -0.4 is 0 Å². The molecule has 5 nitrogen and oxygen atoms in total. The van der Waals surface area contributed by atoms with E-state index < -0.39 is 0 Å². The lowest BCUT2D eigenvalue weighted by atomic mass is 10.1. The summed E-state index contributed by atoms with van der Waals surface area (Å²) in [6.45, 7) is 4.00. The fourth-order valence-electron chi connectivity index (χ4n) is 2.11. The van der Waals surface area contributed by atoms with E-state index in [2.05, 4.69) is 0 Å². The smallest absolute Gasteiger partial charge is 0.236 e. The Morgan fingerprint density at radius 1 is 1.29 bits per heavy atom. The van der Waals surface area contributed by atoms with E-state index in [1.165, 1.54) is 0 Å². The van der Waals surface area contributed by atoms with Gasteiger partial charge in [-0.25, -0.2) is 0 Å². The summed E-state index contributed by atoms with van der Waals surface area (Å²) in [4.78, 5) is 16.0. The second-order valence-electron chi connectivity index (χ2n) is 5.08. The Hall–Kier alpha value is -1.43. The summed E-state index contributed by atoms with van der Waals surface area (Å²) < 4.78 is 5.03. The highest BCUT2D eigenvalue weighted by molar-refractivity contribution is 5.78. The van der Waals surface area contributed by atoms with Crippen LogP contribution in [0.5, 0.6) is 0 Å². The summed E-state index contributed by atoms with van der Waals surface area (Å²) in [5.41, 5.74) is 1.11. The number of ether oxygens (including phenoxy) is 1. The van der Waals surface area contributed by atoms with Gasteiger partial charge >= 0.3 is 0 Å². The molecule has 1 unspecified atom stereocenters. The van der Waals surface area contributed by atoms with E-state index in [1.807, 2.05) is 49.2 Å². The molecule has 0 spiro atoms. The molecule has 0 saturated carbocycles. The monoisotopic (exact) mass is 294 g/mol. The van der Waals surface area contributed by atoms with E-state index in [9.17, 15) is 4.79 Å². The number of amides is 1. The van der Waals surface area contributed by atoms with Gasteiger partial charge in [-0.2, -0.15) is 0 Å². The molecule has 1 N–H and O–H groups in total. The Morgan fingerprint density at radius 3 is 2.52 bits per heavy atom. The van der Waals surface area contributed by atoms with Crippen molar-refractivity contribution in [1.29, 1.82) is 0 Å². The molecule has 118 valence electrons. The van der Waals surface area contributed by atoms with Crippen molar-refractivity contribution in [2.24, 2.45) is 0 Å². The number of benzene rings is 1. The van der Waals surface area contributed by atoms with Crippen LogP contribution in [0.3, 0.4) is 0 Å². The fourth-order valence-corrected chi connectivity index (χ4v) is 2.11. The second-order valence-corrected chi connectivity index (χ2v) is 5.08. The van der Waals surface area contributed by atoms with Gasteiger partial charge in [-0.05, 0) is 12.5 Å². The van der Waals surface area contributed by atoms with Crippen LogP contribution in [0.15, 0.2) is 30.3 Å². The fraction of sp³-hybridized carbons (Fsp3) is 0.562. The molecule has 0 saturated heterocycles. The summed E-state index contributed by atoms with van der Waals surface area (Å²) in [5, 5.41) is 9.07. The third kappa shape index (κ3) is 5.83. The maximum atomic E-state index is 12.4. The average molecular weight is 294 g/mol. The molecule has 1 amide bonds. The van der Waals surface area contributed by atoms with Gasteiger partial charge in [0.1, 0.15) is 0 Å². The number of hydrogen-bond donors (Lipinski definition) is 1. The van der Waals surface area contributed by atoms with Crippen LogP contribution in [0.2, 0.25) is 0 Å². The molecular weight excluding hydrogens is 268 g/mol. The van der Waals surface area contributed by atoms with Crippen molar-refractivity contribution in [3.63, 3.8) is 0 Å². The summed E-state index contributed by atoms with van der Waals surface area (Å²) >= 11 is 0. The van der Waals surface area contributed by atoms with Gasteiger partial charge in [0.05, 0.1) is 25.8 Å². The molecule has 21 heavy (non-hydrogen) atoms. The zero-order valence-electron chi connectivity index (χ0n) is 13.2. The SMILES string of the molecule is COCCN(CCO)CC(=O)N(C)C(C)c1ccccc1. The zero-order valence-corrected chi connectivity index (χ0v) is 13.2. The maximum Gasteiger partial charge on any atom is 0.236 e. The minimum atomic E-state index is 0.0251. The van der Waals surface area contributed by atoms with Gasteiger partial charge in [0.15, 0.2) is 0 Å². The number of aliphatic hydroxyl groups is 1. The van der Waals surface area contributed by atoms with Gasteiger partial charge in [0.2, 0.25) is 5.91 Å². The topological polar surface area (TPSA) is 53.0 Å². The first-order valence-corrected chi connectivity index (χ1v) is 7.23. The van der Waals surface area contributed by atoms with Crippen molar-refractivity contribution < 1.29 is 14.6 Å². The van der Waals surface area contributed by atoms with Gasteiger partial charge in [0, 0.05) is 27.2 Å². The maximum absolute atomic E-state index is 12.4. The first-order valence-electron chi connectivity index (χ1n) is 7.23. The number of carbonyl (C=O) groups is 1. The Labute approximate surface area is 127 Å². The number of likely N-dealkylation sites (N-methyl/N-ethyl adjacent to an activating group) is 1. The minimum Gasteiger partial charge on any atom is -0.395 e. The van der Waals surface area contributed by atoms with Crippen molar-refractivity contribution in [1.82, 2.24) is 9.80 Å². The molecule has 0 radical (unpaired) electrons. The van der Waals surface area contributed by atoms with Gasteiger partial charge in [-0.15, -0.1) is 0 Å². The predicted octanol–water partition coefficient (Wildman–Crippen LogP) is 1.15. The molecular formula is C16H26N2O3. The molecule has 0 aliphatic rings. The van der Waals surface area contributed by atoms with Crippen LogP contribution in [0, 0.1) is 0 Å². The van der Waals surface area contributed by atoms with Gasteiger partial charge in [0.25, 0.3) is 0 Å². The number of nitrogens with zero attached hydrogens (tertiary/aromatic N) is 2. The van der Waals surface area contributed by atoms with Crippen LogP contribution in [0.25, 0.3) is 0 Å². The molecule has 5 heteroatoms.